The fraction of sp³-hybridized carbons (Fsp3) is 0.500. The number of aromatic nitrogens is 3. The lowest BCUT2D eigenvalue weighted by molar-refractivity contribution is -0.137. The molecule has 20 heavy (non-hydrogen) atoms. The Labute approximate surface area is 116 Å². The zero-order valence-corrected chi connectivity index (χ0v) is 11.5. The van der Waals surface area contributed by atoms with Crippen LogP contribution in [0.2, 0.25) is 0 Å². The molecule has 2 aliphatic rings. The Kier molecular flexibility index (Phi) is 2.31. The van der Waals surface area contributed by atoms with Gasteiger partial charge in [0, 0.05) is 6.54 Å². The molecule has 0 radical (unpaired) electrons. The van der Waals surface area contributed by atoms with Gasteiger partial charge < -0.3 is 9.32 Å². The number of rotatable bonds is 1. The van der Waals surface area contributed by atoms with Gasteiger partial charge in [0.1, 0.15) is 11.8 Å². The van der Waals surface area contributed by atoms with E-state index in [1.807, 2.05) is 35.4 Å². The summed E-state index contributed by atoms with van der Waals surface area (Å²) in [5.74, 6) is 3.20. The van der Waals surface area contributed by atoms with E-state index in [4.69, 9.17) is 4.42 Å². The fourth-order valence-corrected chi connectivity index (χ4v) is 3.28. The molecule has 2 aliphatic heterocycles. The standard InChI is InChI=1S/C14H16N4O2/c1-8-5-6-11(20-8)13-16-15-12-10-4-3-7-17(10)14(19)9(2)18(12)13/h5-6,9-10H,3-4,7H2,1-2H3/t9-,10-/m0/s1. The predicted octanol–water partition coefficient (Wildman–Crippen LogP) is 2.08. The molecule has 0 bridgehead atoms. The van der Waals surface area contributed by atoms with Crippen molar-refractivity contribution in [3.63, 3.8) is 0 Å². The first-order valence-corrected chi connectivity index (χ1v) is 6.99. The summed E-state index contributed by atoms with van der Waals surface area (Å²) in [5.41, 5.74) is 0. The number of hydrogen-bond acceptors (Lipinski definition) is 4. The van der Waals surface area contributed by atoms with Crippen LogP contribution in [-0.4, -0.2) is 32.1 Å². The molecule has 104 valence electrons. The topological polar surface area (TPSA) is 64.2 Å². The van der Waals surface area contributed by atoms with Crippen molar-refractivity contribution < 1.29 is 9.21 Å². The largest absolute Gasteiger partial charge is 0.458 e. The maximum absolute atomic E-state index is 12.5. The zero-order chi connectivity index (χ0) is 13.9. The van der Waals surface area contributed by atoms with E-state index in [0.717, 1.165) is 31.0 Å². The fourth-order valence-electron chi connectivity index (χ4n) is 3.28. The van der Waals surface area contributed by atoms with E-state index < -0.39 is 0 Å². The summed E-state index contributed by atoms with van der Waals surface area (Å²) < 4.78 is 7.58. The molecule has 2 aromatic rings. The Bertz CT molecular complexity index is 687. The van der Waals surface area contributed by atoms with Crippen molar-refractivity contribution in [3.8, 4) is 11.6 Å². The van der Waals surface area contributed by atoms with Gasteiger partial charge in [-0.05, 0) is 38.8 Å². The van der Waals surface area contributed by atoms with Gasteiger partial charge in [0.25, 0.3) is 0 Å². The maximum Gasteiger partial charge on any atom is 0.246 e. The Balaban J connectivity index is 1.88. The molecule has 0 N–H and O–H groups in total. The molecule has 6 nitrogen and oxygen atoms in total. The van der Waals surface area contributed by atoms with Crippen molar-refractivity contribution in [1.29, 1.82) is 0 Å². The summed E-state index contributed by atoms with van der Waals surface area (Å²) in [5, 5.41) is 8.60. The molecule has 0 aromatic carbocycles. The normalized spacial score (nSPS) is 24.9. The van der Waals surface area contributed by atoms with Crippen molar-refractivity contribution in [1.82, 2.24) is 19.7 Å². The Morgan fingerprint density at radius 2 is 2.20 bits per heavy atom. The molecule has 1 fully saturated rings. The second kappa shape index (κ2) is 3.94. The average Bonchev–Trinajstić information content (AvgIpc) is 3.12. The summed E-state index contributed by atoms with van der Waals surface area (Å²) in [6.07, 6.45) is 2.00. The third kappa shape index (κ3) is 1.42. The van der Waals surface area contributed by atoms with Crippen molar-refractivity contribution in [3.05, 3.63) is 23.7 Å². The lowest BCUT2D eigenvalue weighted by Gasteiger charge is -2.33. The van der Waals surface area contributed by atoms with Crippen LogP contribution in [0.15, 0.2) is 16.5 Å². The highest BCUT2D eigenvalue weighted by atomic mass is 16.3. The number of fused-ring (bicyclic) bond motifs is 3. The van der Waals surface area contributed by atoms with Gasteiger partial charge in [-0.2, -0.15) is 0 Å². The van der Waals surface area contributed by atoms with Gasteiger partial charge in [0.05, 0.1) is 6.04 Å². The van der Waals surface area contributed by atoms with Crippen molar-refractivity contribution >= 4 is 5.91 Å². The third-order valence-corrected chi connectivity index (χ3v) is 4.26. The zero-order valence-electron chi connectivity index (χ0n) is 11.5. The van der Waals surface area contributed by atoms with E-state index in [-0.39, 0.29) is 18.0 Å². The highest BCUT2D eigenvalue weighted by molar-refractivity contribution is 5.82. The van der Waals surface area contributed by atoms with E-state index in [1.165, 1.54) is 0 Å². The van der Waals surface area contributed by atoms with Crippen LogP contribution in [0.3, 0.4) is 0 Å². The number of hydrogen-bond donors (Lipinski definition) is 0. The van der Waals surface area contributed by atoms with Crippen molar-refractivity contribution in [2.45, 2.75) is 38.8 Å². The third-order valence-electron chi connectivity index (χ3n) is 4.26. The van der Waals surface area contributed by atoms with Gasteiger partial charge in [-0.15, -0.1) is 10.2 Å². The second-order valence-corrected chi connectivity index (χ2v) is 5.53. The van der Waals surface area contributed by atoms with Crippen LogP contribution in [-0.2, 0) is 4.79 Å². The van der Waals surface area contributed by atoms with E-state index in [9.17, 15) is 4.79 Å². The number of carbonyl (C=O) groups is 1. The quantitative estimate of drug-likeness (QED) is 0.797. The molecular weight excluding hydrogens is 256 g/mol. The second-order valence-electron chi connectivity index (χ2n) is 5.53. The SMILES string of the molecule is Cc1ccc(-c2nnc3n2[C@@H](C)C(=O)N2CCC[C@@H]32)o1. The van der Waals surface area contributed by atoms with Crippen LogP contribution in [0.25, 0.3) is 11.6 Å². The molecule has 1 saturated heterocycles. The highest BCUT2D eigenvalue weighted by Gasteiger charge is 2.43. The summed E-state index contributed by atoms with van der Waals surface area (Å²) in [7, 11) is 0. The van der Waals surface area contributed by atoms with Gasteiger partial charge in [-0.25, -0.2) is 0 Å². The van der Waals surface area contributed by atoms with Crippen molar-refractivity contribution in [2.24, 2.45) is 0 Å². The van der Waals surface area contributed by atoms with E-state index in [0.29, 0.717) is 11.6 Å². The molecule has 4 rings (SSSR count). The smallest absolute Gasteiger partial charge is 0.246 e. The van der Waals surface area contributed by atoms with Crippen LogP contribution >= 0.6 is 0 Å². The monoisotopic (exact) mass is 272 g/mol. The number of aryl methyl sites for hydroxylation is 1. The highest BCUT2D eigenvalue weighted by Crippen LogP contribution is 2.40. The number of nitrogens with zero attached hydrogens (tertiary/aromatic N) is 4. The van der Waals surface area contributed by atoms with E-state index in [2.05, 4.69) is 10.2 Å². The summed E-state index contributed by atoms with van der Waals surface area (Å²) in [4.78, 5) is 14.4. The molecule has 0 aliphatic carbocycles. The Morgan fingerprint density at radius 3 is 2.95 bits per heavy atom. The van der Waals surface area contributed by atoms with Gasteiger partial charge in [0.2, 0.25) is 11.7 Å². The summed E-state index contributed by atoms with van der Waals surface area (Å²) in [6, 6.07) is 3.59. The molecule has 6 heteroatoms. The molecule has 2 atom stereocenters. The van der Waals surface area contributed by atoms with Crippen LogP contribution in [0.1, 0.15) is 43.4 Å². The van der Waals surface area contributed by atoms with E-state index >= 15 is 0 Å². The summed E-state index contributed by atoms with van der Waals surface area (Å²) in [6.45, 7) is 4.63. The first kappa shape index (κ1) is 11.7. The Hall–Kier alpha value is -2.11. The molecule has 0 unspecified atom stereocenters. The lowest BCUT2D eigenvalue weighted by atomic mass is 10.1. The van der Waals surface area contributed by atoms with Crippen molar-refractivity contribution in [2.75, 3.05) is 6.54 Å². The van der Waals surface area contributed by atoms with Crippen LogP contribution < -0.4 is 0 Å². The first-order valence-electron chi connectivity index (χ1n) is 6.99. The maximum atomic E-state index is 12.5. The number of amides is 1. The minimum atomic E-state index is -0.269. The number of carbonyl (C=O) groups excluding carboxylic acids is 1. The summed E-state index contributed by atoms with van der Waals surface area (Å²) >= 11 is 0. The van der Waals surface area contributed by atoms with Gasteiger partial charge >= 0.3 is 0 Å². The molecule has 0 saturated carbocycles. The van der Waals surface area contributed by atoms with Gasteiger partial charge in [-0.3, -0.25) is 9.36 Å². The predicted molar refractivity (Wildman–Crippen MR) is 70.9 cm³/mol. The minimum absolute atomic E-state index is 0.0796. The molecule has 4 heterocycles. The first-order chi connectivity index (χ1) is 9.66. The van der Waals surface area contributed by atoms with Gasteiger partial charge in [0.15, 0.2) is 11.6 Å². The molecule has 0 spiro atoms. The minimum Gasteiger partial charge on any atom is -0.458 e. The van der Waals surface area contributed by atoms with Crippen LogP contribution in [0.5, 0.6) is 0 Å². The Morgan fingerprint density at radius 1 is 1.35 bits per heavy atom. The molecule has 2 aromatic heterocycles. The molecule has 1 amide bonds. The van der Waals surface area contributed by atoms with E-state index in [1.54, 1.807) is 0 Å². The van der Waals surface area contributed by atoms with Gasteiger partial charge in [-0.1, -0.05) is 0 Å². The van der Waals surface area contributed by atoms with Crippen LogP contribution in [0, 0.1) is 6.92 Å². The average molecular weight is 272 g/mol. The lowest BCUT2D eigenvalue weighted by Crippen LogP contribution is -2.42. The number of furan rings is 1. The molecular formula is C14H16N4O2. The van der Waals surface area contributed by atoms with Crippen LogP contribution in [0.4, 0.5) is 0 Å².